The molecule has 0 aromatic carbocycles. The molecule has 1 amide bonds. The standard InChI is InChI=1S/C15H28N6O.HI/c1-7-16-15(17-9-8-14(22)20(4)5)18-10-13-11(2)19-21(6)12(13)3;/h7-10H2,1-6H3,(H2,16,17,18);1H. The Kier molecular flexibility index (Phi) is 9.85. The number of halogens is 1. The molecule has 0 unspecified atom stereocenters. The first-order valence-corrected chi connectivity index (χ1v) is 7.58. The second kappa shape index (κ2) is 10.5. The van der Waals surface area contributed by atoms with Gasteiger partial charge < -0.3 is 15.5 Å². The third-order valence-electron chi connectivity index (χ3n) is 3.53. The van der Waals surface area contributed by atoms with Gasteiger partial charge in [-0.1, -0.05) is 0 Å². The van der Waals surface area contributed by atoms with E-state index in [1.807, 2.05) is 32.5 Å². The lowest BCUT2D eigenvalue weighted by molar-refractivity contribution is -0.128. The first kappa shape index (κ1) is 21.7. The zero-order chi connectivity index (χ0) is 16.7. The van der Waals surface area contributed by atoms with Crippen LogP contribution in [0.5, 0.6) is 0 Å². The Morgan fingerprint density at radius 2 is 1.96 bits per heavy atom. The second-order valence-corrected chi connectivity index (χ2v) is 5.43. The summed E-state index contributed by atoms with van der Waals surface area (Å²) in [5, 5.41) is 10.8. The molecule has 1 rings (SSSR count). The Morgan fingerprint density at radius 3 is 2.43 bits per heavy atom. The number of hydrogen-bond donors (Lipinski definition) is 2. The molecule has 132 valence electrons. The van der Waals surface area contributed by atoms with Gasteiger partial charge in [-0.15, -0.1) is 24.0 Å². The van der Waals surface area contributed by atoms with Crippen LogP contribution in [0.25, 0.3) is 0 Å². The van der Waals surface area contributed by atoms with Crippen LogP contribution >= 0.6 is 24.0 Å². The smallest absolute Gasteiger partial charge is 0.223 e. The van der Waals surface area contributed by atoms with Crippen LogP contribution in [0.4, 0.5) is 0 Å². The molecule has 1 aromatic rings. The average Bonchev–Trinajstić information content (AvgIpc) is 2.69. The van der Waals surface area contributed by atoms with Crippen LogP contribution in [-0.2, 0) is 18.4 Å². The van der Waals surface area contributed by atoms with Crippen LogP contribution in [0.1, 0.15) is 30.3 Å². The summed E-state index contributed by atoms with van der Waals surface area (Å²) in [6, 6.07) is 0. The van der Waals surface area contributed by atoms with Crippen molar-refractivity contribution in [2.24, 2.45) is 12.0 Å². The van der Waals surface area contributed by atoms with E-state index in [-0.39, 0.29) is 29.9 Å². The lowest BCUT2D eigenvalue weighted by Crippen LogP contribution is -2.39. The van der Waals surface area contributed by atoms with Crippen LogP contribution < -0.4 is 10.6 Å². The summed E-state index contributed by atoms with van der Waals surface area (Å²) in [5.41, 5.74) is 3.27. The van der Waals surface area contributed by atoms with Crippen molar-refractivity contribution in [3.63, 3.8) is 0 Å². The summed E-state index contributed by atoms with van der Waals surface area (Å²) >= 11 is 0. The predicted molar refractivity (Wildman–Crippen MR) is 104 cm³/mol. The van der Waals surface area contributed by atoms with Crippen molar-refractivity contribution in [1.82, 2.24) is 25.3 Å². The number of guanidine groups is 1. The van der Waals surface area contributed by atoms with E-state index in [1.165, 1.54) is 0 Å². The first-order chi connectivity index (χ1) is 10.4. The minimum absolute atomic E-state index is 0. The highest BCUT2D eigenvalue weighted by atomic mass is 127. The van der Waals surface area contributed by atoms with Crippen molar-refractivity contribution >= 4 is 35.8 Å². The largest absolute Gasteiger partial charge is 0.357 e. The number of carbonyl (C=O) groups excluding carboxylic acids is 1. The van der Waals surface area contributed by atoms with Crippen molar-refractivity contribution in [2.75, 3.05) is 27.2 Å². The number of hydrogen-bond acceptors (Lipinski definition) is 3. The van der Waals surface area contributed by atoms with Crippen molar-refractivity contribution in [2.45, 2.75) is 33.7 Å². The zero-order valence-corrected chi connectivity index (χ0v) is 17.3. The number of aliphatic imine (C=N–C) groups is 1. The van der Waals surface area contributed by atoms with Crippen molar-refractivity contribution < 1.29 is 4.79 Å². The van der Waals surface area contributed by atoms with E-state index >= 15 is 0 Å². The Balaban J connectivity index is 0.00000484. The molecule has 1 aromatic heterocycles. The van der Waals surface area contributed by atoms with Crippen molar-refractivity contribution in [3.05, 3.63) is 17.0 Å². The number of nitrogens with one attached hydrogen (secondary N) is 2. The normalized spacial score (nSPS) is 11.0. The van der Waals surface area contributed by atoms with Crippen molar-refractivity contribution in [3.8, 4) is 0 Å². The minimum atomic E-state index is 0. The van der Waals surface area contributed by atoms with Gasteiger partial charge in [0.25, 0.3) is 0 Å². The molecule has 8 heteroatoms. The Morgan fingerprint density at radius 1 is 1.30 bits per heavy atom. The third kappa shape index (κ3) is 6.76. The molecule has 0 aliphatic rings. The number of amides is 1. The lowest BCUT2D eigenvalue weighted by Gasteiger charge is -2.13. The molecule has 1 heterocycles. The van der Waals surface area contributed by atoms with Gasteiger partial charge in [0.1, 0.15) is 0 Å². The van der Waals surface area contributed by atoms with Gasteiger partial charge in [-0.05, 0) is 20.8 Å². The first-order valence-electron chi connectivity index (χ1n) is 7.58. The number of aromatic nitrogens is 2. The number of carbonyl (C=O) groups is 1. The molecule has 0 aliphatic carbocycles. The van der Waals surface area contributed by atoms with Crippen LogP contribution in [0, 0.1) is 13.8 Å². The Labute approximate surface area is 155 Å². The highest BCUT2D eigenvalue weighted by Gasteiger charge is 2.09. The molecule has 0 saturated carbocycles. The maximum absolute atomic E-state index is 11.6. The molecular formula is C15H29IN6O. The summed E-state index contributed by atoms with van der Waals surface area (Å²) in [5.74, 6) is 0.819. The van der Waals surface area contributed by atoms with Crippen LogP contribution in [0.15, 0.2) is 4.99 Å². The molecule has 23 heavy (non-hydrogen) atoms. The molecule has 0 bridgehead atoms. The van der Waals surface area contributed by atoms with Crippen molar-refractivity contribution in [1.29, 1.82) is 0 Å². The molecular weight excluding hydrogens is 407 g/mol. The Bertz CT molecular complexity index is 538. The monoisotopic (exact) mass is 436 g/mol. The van der Waals surface area contributed by atoms with Gasteiger partial charge in [-0.25, -0.2) is 4.99 Å². The third-order valence-corrected chi connectivity index (χ3v) is 3.53. The van der Waals surface area contributed by atoms with Crippen LogP contribution in [-0.4, -0.2) is 53.7 Å². The predicted octanol–water partition coefficient (Wildman–Crippen LogP) is 1.19. The fourth-order valence-corrected chi connectivity index (χ4v) is 2.06. The highest BCUT2D eigenvalue weighted by molar-refractivity contribution is 14.0. The van der Waals surface area contributed by atoms with Gasteiger partial charge in [0.05, 0.1) is 12.2 Å². The zero-order valence-electron chi connectivity index (χ0n) is 14.9. The maximum Gasteiger partial charge on any atom is 0.223 e. The quantitative estimate of drug-likeness (QED) is 0.399. The van der Waals surface area contributed by atoms with Gasteiger partial charge in [0.2, 0.25) is 5.91 Å². The summed E-state index contributed by atoms with van der Waals surface area (Å²) in [7, 11) is 5.46. The highest BCUT2D eigenvalue weighted by Crippen LogP contribution is 2.12. The van der Waals surface area contributed by atoms with E-state index in [2.05, 4.69) is 20.7 Å². The summed E-state index contributed by atoms with van der Waals surface area (Å²) in [4.78, 5) is 17.7. The SMILES string of the molecule is CCNC(=NCc1c(C)nn(C)c1C)NCCC(=O)N(C)C.I. The summed E-state index contributed by atoms with van der Waals surface area (Å²) in [6.45, 7) is 7.96. The molecule has 0 saturated heterocycles. The number of nitrogens with zero attached hydrogens (tertiary/aromatic N) is 4. The van der Waals surface area contributed by atoms with E-state index in [4.69, 9.17) is 0 Å². The molecule has 0 radical (unpaired) electrons. The topological polar surface area (TPSA) is 74.5 Å². The lowest BCUT2D eigenvalue weighted by atomic mass is 10.2. The fourth-order valence-electron chi connectivity index (χ4n) is 2.06. The van der Waals surface area contributed by atoms with Gasteiger partial charge in [0.15, 0.2) is 5.96 Å². The second-order valence-electron chi connectivity index (χ2n) is 5.43. The summed E-state index contributed by atoms with van der Waals surface area (Å²) < 4.78 is 1.87. The Hall–Kier alpha value is -1.32. The van der Waals surface area contributed by atoms with Gasteiger partial charge in [0, 0.05) is 51.9 Å². The van der Waals surface area contributed by atoms with E-state index < -0.39 is 0 Å². The van der Waals surface area contributed by atoms with Gasteiger partial charge >= 0.3 is 0 Å². The number of aryl methyl sites for hydroxylation is 2. The van der Waals surface area contributed by atoms with Gasteiger partial charge in [-0.2, -0.15) is 5.10 Å². The molecule has 2 N–H and O–H groups in total. The molecule has 0 fully saturated rings. The fraction of sp³-hybridized carbons (Fsp3) is 0.667. The van der Waals surface area contributed by atoms with Crippen LogP contribution in [0.3, 0.4) is 0 Å². The summed E-state index contributed by atoms with van der Waals surface area (Å²) in [6.07, 6.45) is 0.447. The number of rotatable bonds is 6. The van der Waals surface area contributed by atoms with E-state index in [9.17, 15) is 4.79 Å². The molecule has 0 aliphatic heterocycles. The molecule has 0 atom stereocenters. The average molecular weight is 436 g/mol. The minimum Gasteiger partial charge on any atom is -0.357 e. The van der Waals surface area contributed by atoms with E-state index in [0.717, 1.165) is 29.5 Å². The van der Waals surface area contributed by atoms with E-state index in [0.29, 0.717) is 19.5 Å². The van der Waals surface area contributed by atoms with E-state index in [1.54, 1.807) is 19.0 Å². The van der Waals surface area contributed by atoms with Gasteiger partial charge in [-0.3, -0.25) is 9.48 Å². The molecule has 0 spiro atoms. The molecule has 7 nitrogen and oxygen atoms in total. The maximum atomic E-state index is 11.6. The van der Waals surface area contributed by atoms with Crippen LogP contribution in [0.2, 0.25) is 0 Å².